The SMILES string of the molecule is CC(CO)Oc1cnc2[nH]cc(CC=C(C#N)C(N)=O)c2n1. The standard InChI is InChI=1S/C14H15N5O3/c1-8(7-20)22-11-6-18-14-12(19-11)10(5-17-14)3-2-9(4-15)13(16)21/h2,5-6,8,20H,3,7H2,1H3,(H2,16,21)(H,17,18). The van der Waals surface area contributed by atoms with Gasteiger partial charge in [-0.15, -0.1) is 0 Å². The highest BCUT2D eigenvalue weighted by Gasteiger charge is 2.10. The fraction of sp³-hybridized carbons (Fsp3) is 0.286. The number of H-pyrrole nitrogens is 1. The van der Waals surface area contributed by atoms with Crippen molar-refractivity contribution in [3.8, 4) is 11.9 Å². The van der Waals surface area contributed by atoms with Gasteiger partial charge in [-0.1, -0.05) is 6.08 Å². The fourth-order valence-electron chi connectivity index (χ4n) is 1.80. The highest BCUT2D eigenvalue weighted by Crippen LogP contribution is 2.19. The lowest BCUT2D eigenvalue weighted by Gasteiger charge is -2.10. The number of rotatable bonds is 6. The summed E-state index contributed by atoms with van der Waals surface area (Å²) >= 11 is 0. The summed E-state index contributed by atoms with van der Waals surface area (Å²) in [4.78, 5) is 22.4. The molecule has 1 unspecified atom stereocenters. The van der Waals surface area contributed by atoms with Crippen molar-refractivity contribution in [1.82, 2.24) is 15.0 Å². The van der Waals surface area contributed by atoms with E-state index in [1.807, 2.05) is 0 Å². The van der Waals surface area contributed by atoms with Crippen molar-refractivity contribution in [3.63, 3.8) is 0 Å². The number of aromatic amines is 1. The van der Waals surface area contributed by atoms with Crippen molar-refractivity contribution < 1.29 is 14.6 Å². The molecule has 2 heterocycles. The molecule has 0 fully saturated rings. The molecular weight excluding hydrogens is 286 g/mol. The molecule has 1 atom stereocenters. The Balaban J connectivity index is 2.29. The van der Waals surface area contributed by atoms with Crippen LogP contribution in [0.1, 0.15) is 12.5 Å². The van der Waals surface area contributed by atoms with E-state index < -0.39 is 12.0 Å². The molecule has 8 nitrogen and oxygen atoms in total. The van der Waals surface area contributed by atoms with Crippen LogP contribution in [0.25, 0.3) is 11.2 Å². The van der Waals surface area contributed by atoms with Crippen LogP contribution in [0.15, 0.2) is 24.0 Å². The summed E-state index contributed by atoms with van der Waals surface area (Å²) in [5.74, 6) is -0.483. The van der Waals surface area contributed by atoms with Crippen molar-refractivity contribution in [1.29, 1.82) is 5.26 Å². The molecule has 114 valence electrons. The summed E-state index contributed by atoms with van der Waals surface area (Å²) in [6.45, 7) is 1.57. The second-order valence-corrected chi connectivity index (χ2v) is 4.63. The van der Waals surface area contributed by atoms with Crippen molar-refractivity contribution in [3.05, 3.63) is 29.6 Å². The first-order valence-electron chi connectivity index (χ1n) is 6.55. The van der Waals surface area contributed by atoms with Gasteiger partial charge in [0.25, 0.3) is 5.91 Å². The molecule has 2 rings (SSSR count). The molecule has 0 spiro atoms. The molecule has 2 aromatic rings. The van der Waals surface area contributed by atoms with Gasteiger partial charge in [-0.2, -0.15) is 5.26 Å². The molecule has 0 aliphatic rings. The Labute approximate surface area is 126 Å². The average molecular weight is 301 g/mol. The largest absolute Gasteiger partial charge is 0.471 e. The van der Waals surface area contributed by atoms with Gasteiger partial charge in [0.1, 0.15) is 23.3 Å². The fourth-order valence-corrected chi connectivity index (χ4v) is 1.80. The summed E-state index contributed by atoms with van der Waals surface area (Å²) in [6.07, 6.45) is 4.50. The van der Waals surface area contributed by atoms with Crippen LogP contribution in [-0.4, -0.2) is 38.7 Å². The second kappa shape index (κ2) is 6.69. The van der Waals surface area contributed by atoms with Gasteiger partial charge >= 0.3 is 0 Å². The number of aromatic nitrogens is 3. The van der Waals surface area contributed by atoms with Crippen LogP contribution in [0.4, 0.5) is 0 Å². The summed E-state index contributed by atoms with van der Waals surface area (Å²) in [5, 5.41) is 17.8. The van der Waals surface area contributed by atoms with E-state index in [0.29, 0.717) is 17.6 Å². The highest BCUT2D eigenvalue weighted by atomic mass is 16.5. The summed E-state index contributed by atoms with van der Waals surface area (Å²) < 4.78 is 5.40. The van der Waals surface area contributed by atoms with E-state index in [1.165, 1.54) is 12.3 Å². The number of nitrogens with two attached hydrogens (primary N) is 1. The zero-order valence-electron chi connectivity index (χ0n) is 11.9. The zero-order chi connectivity index (χ0) is 16.1. The third kappa shape index (κ3) is 3.39. The van der Waals surface area contributed by atoms with Crippen LogP contribution in [0.3, 0.4) is 0 Å². The van der Waals surface area contributed by atoms with Crippen molar-refractivity contribution in [2.75, 3.05) is 6.61 Å². The number of amides is 1. The summed E-state index contributed by atoms with van der Waals surface area (Å²) in [5.41, 5.74) is 6.86. The minimum Gasteiger partial charge on any atom is -0.471 e. The molecule has 0 aliphatic heterocycles. The molecule has 0 aromatic carbocycles. The number of primary amides is 1. The number of hydrogen-bond acceptors (Lipinski definition) is 6. The first-order chi connectivity index (χ1) is 10.5. The maximum atomic E-state index is 11.0. The van der Waals surface area contributed by atoms with Crippen LogP contribution < -0.4 is 10.5 Å². The molecule has 0 saturated heterocycles. The van der Waals surface area contributed by atoms with Gasteiger partial charge < -0.3 is 20.6 Å². The Hall–Kier alpha value is -2.92. The van der Waals surface area contributed by atoms with E-state index in [2.05, 4.69) is 15.0 Å². The summed E-state index contributed by atoms with van der Waals surface area (Å²) in [6, 6.07) is 1.74. The number of hydrogen-bond donors (Lipinski definition) is 3. The lowest BCUT2D eigenvalue weighted by atomic mass is 10.1. The highest BCUT2D eigenvalue weighted by molar-refractivity contribution is 5.95. The average Bonchev–Trinajstić information content (AvgIpc) is 2.90. The minimum absolute atomic E-state index is 0.108. The van der Waals surface area contributed by atoms with Crippen LogP contribution >= 0.6 is 0 Å². The number of nitrogens with one attached hydrogen (secondary N) is 1. The third-order valence-corrected chi connectivity index (χ3v) is 2.93. The second-order valence-electron chi connectivity index (χ2n) is 4.63. The summed E-state index contributed by atoms with van der Waals surface area (Å²) in [7, 11) is 0. The maximum Gasteiger partial charge on any atom is 0.259 e. The lowest BCUT2D eigenvalue weighted by Crippen LogP contribution is -2.17. The first-order valence-corrected chi connectivity index (χ1v) is 6.55. The number of aliphatic hydroxyl groups is 1. The predicted octanol–water partition coefficient (Wildman–Crippen LogP) is 0.195. The van der Waals surface area contributed by atoms with E-state index in [1.54, 1.807) is 19.2 Å². The molecular formula is C14H15N5O3. The maximum absolute atomic E-state index is 11.0. The van der Waals surface area contributed by atoms with Crippen LogP contribution in [0, 0.1) is 11.3 Å². The topological polar surface area (TPSA) is 138 Å². The Morgan fingerprint density at radius 2 is 2.45 bits per heavy atom. The van der Waals surface area contributed by atoms with Gasteiger partial charge in [-0.25, -0.2) is 9.97 Å². The molecule has 0 aliphatic carbocycles. The molecule has 1 amide bonds. The Kier molecular flexibility index (Phi) is 4.70. The molecule has 22 heavy (non-hydrogen) atoms. The Morgan fingerprint density at radius 1 is 1.68 bits per heavy atom. The van der Waals surface area contributed by atoms with Gasteiger partial charge in [0.05, 0.1) is 12.8 Å². The van der Waals surface area contributed by atoms with Crippen LogP contribution in [0.5, 0.6) is 5.88 Å². The van der Waals surface area contributed by atoms with Crippen molar-refractivity contribution >= 4 is 17.1 Å². The Bertz CT molecular complexity index is 759. The smallest absolute Gasteiger partial charge is 0.259 e. The number of allylic oxidation sites excluding steroid dienone is 1. The number of carbonyl (C=O) groups excluding carboxylic acids is 1. The third-order valence-electron chi connectivity index (χ3n) is 2.93. The van der Waals surface area contributed by atoms with Gasteiger partial charge in [-0.05, 0) is 13.3 Å². The molecule has 0 saturated carbocycles. The molecule has 8 heteroatoms. The van der Waals surface area contributed by atoms with E-state index in [4.69, 9.17) is 20.8 Å². The van der Waals surface area contributed by atoms with E-state index in [0.717, 1.165) is 5.56 Å². The van der Waals surface area contributed by atoms with E-state index >= 15 is 0 Å². The number of nitrogens with zero attached hydrogens (tertiary/aromatic N) is 3. The van der Waals surface area contributed by atoms with Gasteiger partial charge in [0.15, 0.2) is 5.65 Å². The molecule has 4 N–H and O–H groups in total. The lowest BCUT2D eigenvalue weighted by molar-refractivity contribution is -0.114. The zero-order valence-corrected chi connectivity index (χ0v) is 11.9. The normalized spacial score (nSPS) is 12.9. The predicted molar refractivity (Wildman–Crippen MR) is 77.7 cm³/mol. The van der Waals surface area contributed by atoms with Crippen LogP contribution in [-0.2, 0) is 11.2 Å². The van der Waals surface area contributed by atoms with E-state index in [9.17, 15) is 4.79 Å². The van der Waals surface area contributed by atoms with Gasteiger partial charge in [-0.3, -0.25) is 4.79 Å². The Morgan fingerprint density at radius 3 is 3.09 bits per heavy atom. The number of nitriles is 1. The molecule has 0 radical (unpaired) electrons. The monoisotopic (exact) mass is 301 g/mol. The van der Waals surface area contributed by atoms with Crippen molar-refractivity contribution in [2.24, 2.45) is 5.73 Å². The molecule has 2 aromatic heterocycles. The quantitative estimate of drug-likeness (QED) is 0.514. The van der Waals surface area contributed by atoms with E-state index in [-0.39, 0.29) is 18.1 Å². The number of aliphatic hydroxyl groups excluding tert-OH is 1. The van der Waals surface area contributed by atoms with Crippen LogP contribution in [0.2, 0.25) is 0 Å². The number of fused-ring (bicyclic) bond motifs is 1. The minimum atomic E-state index is -0.769. The van der Waals surface area contributed by atoms with Crippen molar-refractivity contribution in [2.45, 2.75) is 19.4 Å². The molecule has 0 bridgehead atoms. The van der Waals surface area contributed by atoms with Gasteiger partial charge in [0.2, 0.25) is 5.88 Å². The number of ether oxygens (including phenoxy) is 1. The number of carbonyl (C=O) groups is 1. The van der Waals surface area contributed by atoms with Gasteiger partial charge in [0, 0.05) is 11.8 Å². The first kappa shape index (κ1) is 15.5.